The molecule has 0 fully saturated rings. The van der Waals surface area contributed by atoms with Crippen molar-refractivity contribution < 1.29 is 14.3 Å². The molecule has 0 spiro atoms. The van der Waals surface area contributed by atoms with Crippen LogP contribution in [0.2, 0.25) is 0 Å². The zero-order valence-electron chi connectivity index (χ0n) is 10.9. The Bertz CT molecular complexity index is 611. The highest BCUT2D eigenvalue weighted by molar-refractivity contribution is 9.10. The highest BCUT2D eigenvalue weighted by Gasteiger charge is 2.05. The Kier molecular flexibility index (Phi) is 4.63. The van der Waals surface area contributed by atoms with Crippen molar-refractivity contribution in [3.63, 3.8) is 0 Å². The quantitative estimate of drug-likeness (QED) is 0.687. The lowest BCUT2D eigenvalue weighted by molar-refractivity contribution is 0.0600. The second-order valence-corrected chi connectivity index (χ2v) is 5.08. The summed E-state index contributed by atoms with van der Waals surface area (Å²) < 4.78 is 11.2. The molecule has 0 saturated heterocycles. The maximum Gasteiger partial charge on any atom is 0.337 e. The molecule has 0 unspecified atom stereocenters. The Morgan fingerprint density at radius 2 is 1.90 bits per heavy atom. The Labute approximate surface area is 125 Å². The largest absolute Gasteiger partial charge is 0.487 e. The molecule has 2 aromatic carbocycles. The molecule has 0 heterocycles. The molecular formula is C15H14BrNO3. The number of nitrogen functional groups attached to an aromatic ring is 1. The minimum atomic E-state index is -0.352. The first kappa shape index (κ1) is 14.4. The van der Waals surface area contributed by atoms with Crippen molar-refractivity contribution in [1.82, 2.24) is 0 Å². The first-order chi connectivity index (χ1) is 9.60. The molecule has 0 amide bonds. The Balaban J connectivity index is 2.02. The summed E-state index contributed by atoms with van der Waals surface area (Å²) in [4.78, 5) is 11.3. The number of benzene rings is 2. The third kappa shape index (κ3) is 3.51. The van der Waals surface area contributed by atoms with Crippen LogP contribution in [0, 0.1) is 0 Å². The van der Waals surface area contributed by atoms with E-state index in [1.165, 1.54) is 7.11 Å². The number of halogens is 1. The molecule has 0 aliphatic carbocycles. The normalized spacial score (nSPS) is 10.1. The minimum absolute atomic E-state index is 0.352. The second kappa shape index (κ2) is 6.43. The van der Waals surface area contributed by atoms with Crippen LogP contribution >= 0.6 is 15.9 Å². The fraction of sp³-hybridized carbons (Fsp3) is 0.133. The number of hydrogen-bond donors (Lipinski definition) is 1. The number of carbonyl (C=O) groups excluding carboxylic acids is 1. The van der Waals surface area contributed by atoms with Crippen molar-refractivity contribution in [2.75, 3.05) is 12.8 Å². The molecular weight excluding hydrogens is 322 g/mol. The van der Waals surface area contributed by atoms with Crippen LogP contribution in [0.25, 0.3) is 0 Å². The Morgan fingerprint density at radius 3 is 2.50 bits per heavy atom. The number of anilines is 1. The van der Waals surface area contributed by atoms with Gasteiger partial charge in [-0.05, 0) is 35.9 Å². The van der Waals surface area contributed by atoms with Gasteiger partial charge in [0.05, 0.1) is 18.4 Å². The molecule has 0 atom stereocenters. The van der Waals surface area contributed by atoms with Crippen LogP contribution in [0.5, 0.6) is 5.75 Å². The minimum Gasteiger partial charge on any atom is -0.487 e. The van der Waals surface area contributed by atoms with Crippen molar-refractivity contribution in [1.29, 1.82) is 0 Å². The summed E-state index contributed by atoms with van der Waals surface area (Å²) in [6.07, 6.45) is 0. The Morgan fingerprint density at radius 1 is 1.20 bits per heavy atom. The van der Waals surface area contributed by atoms with Crippen LogP contribution in [-0.4, -0.2) is 13.1 Å². The molecule has 0 aromatic heterocycles. The number of ether oxygens (including phenoxy) is 2. The number of rotatable bonds is 4. The van der Waals surface area contributed by atoms with Gasteiger partial charge >= 0.3 is 5.97 Å². The topological polar surface area (TPSA) is 61.5 Å². The summed E-state index contributed by atoms with van der Waals surface area (Å²) in [5.41, 5.74) is 7.88. The van der Waals surface area contributed by atoms with Gasteiger partial charge in [-0.3, -0.25) is 0 Å². The van der Waals surface area contributed by atoms with Gasteiger partial charge < -0.3 is 15.2 Å². The number of carbonyl (C=O) groups is 1. The molecule has 2 aromatic rings. The molecule has 4 nitrogen and oxygen atoms in total. The molecule has 2 N–H and O–H groups in total. The van der Waals surface area contributed by atoms with Gasteiger partial charge in [-0.1, -0.05) is 28.1 Å². The lowest BCUT2D eigenvalue weighted by atomic mass is 10.1. The average Bonchev–Trinajstić information content (AvgIpc) is 2.46. The van der Waals surface area contributed by atoms with Crippen LogP contribution < -0.4 is 10.5 Å². The van der Waals surface area contributed by atoms with Gasteiger partial charge in [0.15, 0.2) is 0 Å². The highest BCUT2D eigenvalue weighted by atomic mass is 79.9. The van der Waals surface area contributed by atoms with Gasteiger partial charge in [-0.25, -0.2) is 4.79 Å². The summed E-state index contributed by atoms with van der Waals surface area (Å²) in [6.45, 7) is 0.382. The van der Waals surface area contributed by atoms with Crippen LogP contribution in [0.1, 0.15) is 15.9 Å². The van der Waals surface area contributed by atoms with Crippen molar-refractivity contribution in [2.45, 2.75) is 6.61 Å². The molecule has 104 valence electrons. The summed E-state index contributed by atoms with van der Waals surface area (Å²) >= 11 is 3.34. The number of methoxy groups -OCH3 is 1. The first-order valence-corrected chi connectivity index (χ1v) is 6.74. The molecule has 2 rings (SSSR count). The van der Waals surface area contributed by atoms with Gasteiger partial charge in [0.1, 0.15) is 12.4 Å². The monoisotopic (exact) mass is 335 g/mol. The first-order valence-electron chi connectivity index (χ1n) is 5.95. The van der Waals surface area contributed by atoms with Crippen molar-refractivity contribution in [2.24, 2.45) is 0 Å². The maximum absolute atomic E-state index is 11.3. The predicted molar refractivity (Wildman–Crippen MR) is 80.7 cm³/mol. The van der Waals surface area contributed by atoms with Crippen LogP contribution in [0.3, 0.4) is 0 Å². The fourth-order valence-electron chi connectivity index (χ4n) is 1.67. The maximum atomic E-state index is 11.3. The summed E-state index contributed by atoms with van der Waals surface area (Å²) in [5.74, 6) is 0.278. The van der Waals surface area contributed by atoms with Gasteiger partial charge in [0, 0.05) is 4.47 Å². The van der Waals surface area contributed by atoms with E-state index in [1.807, 2.05) is 24.3 Å². The van der Waals surface area contributed by atoms with E-state index in [2.05, 4.69) is 20.7 Å². The second-order valence-electron chi connectivity index (χ2n) is 4.16. The van der Waals surface area contributed by atoms with Crippen LogP contribution in [-0.2, 0) is 11.3 Å². The van der Waals surface area contributed by atoms with Crippen LogP contribution in [0.4, 0.5) is 5.69 Å². The molecule has 0 radical (unpaired) electrons. The highest BCUT2D eigenvalue weighted by Crippen LogP contribution is 2.26. The number of nitrogens with two attached hydrogens (primary N) is 1. The van der Waals surface area contributed by atoms with E-state index >= 15 is 0 Å². The lowest BCUT2D eigenvalue weighted by Gasteiger charge is -2.09. The van der Waals surface area contributed by atoms with Crippen molar-refractivity contribution in [3.8, 4) is 5.75 Å². The third-order valence-electron chi connectivity index (χ3n) is 2.74. The van der Waals surface area contributed by atoms with Gasteiger partial charge in [-0.15, -0.1) is 0 Å². The molecule has 0 saturated carbocycles. The number of esters is 1. The fourth-order valence-corrected chi connectivity index (χ4v) is 2.05. The molecule has 0 bridgehead atoms. The van der Waals surface area contributed by atoms with Crippen LogP contribution in [0.15, 0.2) is 46.9 Å². The third-order valence-corrected chi connectivity index (χ3v) is 3.23. The van der Waals surface area contributed by atoms with Gasteiger partial charge in [0.2, 0.25) is 0 Å². The molecule has 5 heteroatoms. The zero-order chi connectivity index (χ0) is 14.5. The molecule has 0 aliphatic rings. The Hall–Kier alpha value is -2.01. The van der Waals surface area contributed by atoms with Crippen molar-refractivity contribution >= 4 is 27.6 Å². The van der Waals surface area contributed by atoms with Gasteiger partial charge in [0.25, 0.3) is 0 Å². The van der Waals surface area contributed by atoms with E-state index in [0.29, 0.717) is 23.6 Å². The summed E-state index contributed by atoms with van der Waals surface area (Å²) in [5, 5.41) is 0. The van der Waals surface area contributed by atoms with E-state index in [-0.39, 0.29) is 5.97 Å². The van der Waals surface area contributed by atoms with E-state index < -0.39 is 0 Å². The van der Waals surface area contributed by atoms with E-state index in [4.69, 9.17) is 10.5 Å². The standard InChI is InChI=1S/C15H14BrNO3/c1-19-15(18)11-4-2-10(3-5-11)9-20-14-7-6-12(16)8-13(14)17/h2-8H,9,17H2,1H3. The van der Waals surface area contributed by atoms with E-state index in [1.54, 1.807) is 18.2 Å². The summed E-state index contributed by atoms with van der Waals surface area (Å²) in [6, 6.07) is 12.5. The molecule has 0 aliphatic heterocycles. The summed E-state index contributed by atoms with van der Waals surface area (Å²) in [7, 11) is 1.36. The lowest BCUT2D eigenvalue weighted by Crippen LogP contribution is -2.02. The predicted octanol–water partition coefficient (Wildman–Crippen LogP) is 3.40. The zero-order valence-corrected chi connectivity index (χ0v) is 12.5. The molecule has 20 heavy (non-hydrogen) atoms. The van der Waals surface area contributed by atoms with Crippen molar-refractivity contribution in [3.05, 3.63) is 58.1 Å². The van der Waals surface area contributed by atoms with E-state index in [9.17, 15) is 4.79 Å². The average molecular weight is 336 g/mol. The SMILES string of the molecule is COC(=O)c1ccc(COc2ccc(Br)cc2N)cc1. The van der Waals surface area contributed by atoms with Gasteiger partial charge in [-0.2, -0.15) is 0 Å². The van der Waals surface area contributed by atoms with E-state index in [0.717, 1.165) is 10.0 Å². The smallest absolute Gasteiger partial charge is 0.337 e. The number of hydrogen-bond acceptors (Lipinski definition) is 4.